The number of hydrogen-bond donors (Lipinski definition) is 1. The lowest BCUT2D eigenvalue weighted by molar-refractivity contribution is 0.415. The van der Waals surface area contributed by atoms with Crippen LogP contribution in [0.15, 0.2) is 24.3 Å². The molecule has 2 rings (SSSR count). The standard InChI is InChI=1S/C15H24N2O/c1-3-5-13-12-17(11-4-10-16-13)14-6-8-15(18-2)9-7-14/h6-9,13,16H,3-5,10-12H2,1-2H3. The van der Waals surface area contributed by atoms with Crippen molar-refractivity contribution in [2.24, 2.45) is 0 Å². The maximum Gasteiger partial charge on any atom is 0.119 e. The van der Waals surface area contributed by atoms with E-state index < -0.39 is 0 Å². The Labute approximate surface area is 110 Å². The molecule has 0 spiro atoms. The van der Waals surface area contributed by atoms with Gasteiger partial charge in [0.15, 0.2) is 0 Å². The summed E-state index contributed by atoms with van der Waals surface area (Å²) in [4.78, 5) is 2.49. The summed E-state index contributed by atoms with van der Waals surface area (Å²) in [5.41, 5.74) is 1.31. The van der Waals surface area contributed by atoms with Crippen molar-refractivity contribution >= 4 is 5.69 Å². The number of anilines is 1. The van der Waals surface area contributed by atoms with Crippen molar-refractivity contribution in [3.63, 3.8) is 0 Å². The van der Waals surface area contributed by atoms with Gasteiger partial charge in [0.2, 0.25) is 0 Å². The molecule has 3 heteroatoms. The zero-order valence-corrected chi connectivity index (χ0v) is 11.5. The topological polar surface area (TPSA) is 24.5 Å². The van der Waals surface area contributed by atoms with Crippen molar-refractivity contribution in [1.82, 2.24) is 5.32 Å². The van der Waals surface area contributed by atoms with Gasteiger partial charge >= 0.3 is 0 Å². The predicted molar refractivity (Wildman–Crippen MR) is 76.5 cm³/mol. The third kappa shape index (κ3) is 3.39. The molecule has 0 saturated carbocycles. The second-order valence-corrected chi connectivity index (χ2v) is 4.94. The summed E-state index contributed by atoms with van der Waals surface area (Å²) in [5.74, 6) is 0.928. The van der Waals surface area contributed by atoms with E-state index in [-0.39, 0.29) is 0 Å². The Hall–Kier alpha value is -1.22. The Bertz CT molecular complexity index is 350. The average Bonchev–Trinajstić information content (AvgIpc) is 2.65. The summed E-state index contributed by atoms with van der Waals surface area (Å²) in [6, 6.07) is 9.03. The van der Waals surface area contributed by atoms with Crippen LogP contribution in [0.4, 0.5) is 5.69 Å². The van der Waals surface area contributed by atoms with Gasteiger partial charge in [0.25, 0.3) is 0 Å². The van der Waals surface area contributed by atoms with Crippen molar-refractivity contribution in [1.29, 1.82) is 0 Å². The molecule has 1 N–H and O–H groups in total. The molecule has 3 nitrogen and oxygen atoms in total. The van der Waals surface area contributed by atoms with Crippen LogP contribution >= 0.6 is 0 Å². The normalized spacial score (nSPS) is 20.6. The monoisotopic (exact) mass is 248 g/mol. The van der Waals surface area contributed by atoms with Gasteiger partial charge in [-0.1, -0.05) is 13.3 Å². The van der Waals surface area contributed by atoms with Gasteiger partial charge in [-0.3, -0.25) is 0 Å². The molecule has 1 unspecified atom stereocenters. The maximum absolute atomic E-state index is 5.21. The molecule has 0 bridgehead atoms. The molecule has 18 heavy (non-hydrogen) atoms. The largest absolute Gasteiger partial charge is 0.497 e. The van der Waals surface area contributed by atoms with E-state index >= 15 is 0 Å². The van der Waals surface area contributed by atoms with Crippen molar-refractivity contribution in [3.8, 4) is 5.75 Å². The van der Waals surface area contributed by atoms with Crippen LogP contribution in [0.2, 0.25) is 0 Å². The van der Waals surface area contributed by atoms with Gasteiger partial charge in [-0.05, 0) is 43.7 Å². The molecule has 1 atom stereocenters. The second-order valence-electron chi connectivity index (χ2n) is 4.94. The lowest BCUT2D eigenvalue weighted by atomic mass is 10.1. The van der Waals surface area contributed by atoms with Crippen LogP contribution in [0, 0.1) is 0 Å². The van der Waals surface area contributed by atoms with Crippen molar-refractivity contribution in [3.05, 3.63) is 24.3 Å². The summed E-state index contributed by atoms with van der Waals surface area (Å²) in [6.45, 7) is 5.64. The van der Waals surface area contributed by atoms with Crippen LogP contribution in [0.1, 0.15) is 26.2 Å². The first-order valence-electron chi connectivity index (χ1n) is 6.96. The number of nitrogens with one attached hydrogen (secondary N) is 1. The number of nitrogens with zero attached hydrogens (tertiary/aromatic N) is 1. The molecule has 0 aromatic heterocycles. The molecule has 0 aliphatic carbocycles. The van der Waals surface area contributed by atoms with Crippen molar-refractivity contribution < 1.29 is 4.74 Å². The highest BCUT2D eigenvalue weighted by Crippen LogP contribution is 2.21. The lowest BCUT2D eigenvalue weighted by Crippen LogP contribution is -2.37. The van der Waals surface area contributed by atoms with Gasteiger partial charge in [-0.15, -0.1) is 0 Å². The van der Waals surface area contributed by atoms with Crippen LogP contribution in [-0.4, -0.2) is 32.8 Å². The molecule has 1 fully saturated rings. The van der Waals surface area contributed by atoms with Crippen molar-refractivity contribution in [2.45, 2.75) is 32.2 Å². The minimum Gasteiger partial charge on any atom is -0.497 e. The van der Waals surface area contributed by atoms with Crippen LogP contribution in [0.3, 0.4) is 0 Å². The zero-order chi connectivity index (χ0) is 12.8. The molecule has 1 aliphatic heterocycles. The van der Waals surface area contributed by atoms with E-state index in [0.717, 1.165) is 25.4 Å². The SMILES string of the molecule is CCCC1CN(c2ccc(OC)cc2)CCCN1. The second kappa shape index (κ2) is 6.64. The molecule has 1 aromatic rings. The first-order chi connectivity index (χ1) is 8.83. The Morgan fingerprint density at radius 2 is 2.11 bits per heavy atom. The highest BCUT2D eigenvalue weighted by Gasteiger charge is 2.17. The molecular formula is C15H24N2O. The molecule has 1 heterocycles. The molecule has 1 aromatic carbocycles. The number of methoxy groups -OCH3 is 1. The Morgan fingerprint density at radius 3 is 2.78 bits per heavy atom. The van der Waals surface area contributed by atoms with Gasteiger partial charge in [0, 0.05) is 24.8 Å². The maximum atomic E-state index is 5.21. The fourth-order valence-corrected chi connectivity index (χ4v) is 2.57. The van der Waals surface area contributed by atoms with E-state index in [1.807, 2.05) is 12.1 Å². The molecule has 100 valence electrons. The highest BCUT2D eigenvalue weighted by atomic mass is 16.5. The number of ether oxygens (including phenoxy) is 1. The van der Waals surface area contributed by atoms with E-state index in [0.29, 0.717) is 6.04 Å². The van der Waals surface area contributed by atoms with Gasteiger partial charge < -0.3 is 15.0 Å². The van der Waals surface area contributed by atoms with E-state index in [2.05, 4.69) is 29.3 Å². The Morgan fingerprint density at radius 1 is 1.33 bits per heavy atom. The lowest BCUT2D eigenvalue weighted by Gasteiger charge is -2.26. The van der Waals surface area contributed by atoms with Crippen molar-refractivity contribution in [2.75, 3.05) is 31.6 Å². The van der Waals surface area contributed by atoms with E-state index in [9.17, 15) is 0 Å². The van der Waals surface area contributed by atoms with Gasteiger partial charge in [0.1, 0.15) is 5.75 Å². The molecular weight excluding hydrogens is 224 g/mol. The van der Waals surface area contributed by atoms with Gasteiger partial charge in [0.05, 0.1) is 7.11 Å². The van der Waals surface area contributed by atoms with Crippen LogP contribution in [0.5, 0.6) is 5.75 Å². The quantitative estimate of drug-likeness (QED) is 0.886. The zero-order valence-electron chi connectivity index (χ0n) is 11.5. The summed E-state index contributed by atoms with van der Waals surface area (Å²) in [5, 5.41) is 3.64. The van der Waals surface area contributed by atoms with Crippen LogP contribution < -0.4 is 15.0 Å². The molecule has 1 aliphatic rings. The van der Waals surface area contributed by atoms with E-state index in [1.165, 1.54) is 24.9 Å². The molecule has 1 saturated heterocycles. The fourth-order valence-electron chi connectivity index (χ4n) is 2.57. The fraction of sp³-hybridized carbons (Fsp3) is 0.600. The third-order valence-electron chi connectivity index (χ3n) is 3.55. The van der Waals surface area contributed by atoms with Crippen LogP contribution in [-0.2, 0) is 0 Å². The summed E-state index contributed by atoms with van der Waals surface area (Å²) in [6.07, 6.45) is 3.72. The molecule has 0 radical (unpaired) electrons. The summed E-state index contributed by atoms with van der Waals surface area (Å²) >= 11 is 0. The first-order valence-corrected chi connectivity index (χ1v) is 6.96. The van der Waals surface area contributed by atoms with Crippen LogP contribution in [0.25, 0.3) is 0 Å². The van der Waals surface area contributed by atoms with Gasteiger partial charge in [-0.25, -0.2) is 0 Å². The average molecular weight is 248 g/mol. The predicted octanol–water partition coefficient (Wildman–Crippen LogP) is 2.66. The number of rotatable bonds is 4. The van der Waals surface area contributed by atoms with Gasteiger partial charge in [-0.2, -0.15) is 0 Å². The third-order valence-corrected chi connectivity index (χ3v) is 3.55. The minimum absolute atomic E-state index is 0.625. The minimum atomic E-state index is 0.625. The van der Waals surface area contributed by atoms with E-state index in [4.69, 9.17) is 4.74 Å². The Kier molecular flexibility index (Phi) is 4.88. The van der Waals surface area contributed by atoms with E-state index in [1.54, 1.807) is 7.11 Å². The number of hydrogen-bond acceptors (Lipinski definition) is 3. The smallest absolute Gasteiger partial charge is 0.119 e. The Balaban J connectivity index is 2.04. The number of benzene rings is 1. The summed E-state index contributed by atoms with van der Waals surface area (Å²) in [7, 11) is 1.71. The summed E-state index contributed by atoms with van der Waals surface area (Å²) < 4.78 is 5.21. The highest BCUT2D eigenvalue weighted by molar-refractivity contribution is 5.49. The molecule has 0 amide bonds. The first kappa shape index (κ1) is 13.2.